The molecule has 1 aliphatic rings. The SMILES string of the molecule is Fc1cnc(NCCC2CCCCN2Cc2ccccc2)nc1. The van der Waals surface area contributed by atoms with Crippen LogP contribution in [0.5, 0.6) is 0 Å². The fourth-order valence-electron chi connectivity index (χ4n) is 3.17. The van der Waals surface area contributed by atoms with E-state index in [0.717, 1.165) is 26.1 Å². The van der Waals surface area contributed by atoms with Crippen molar-refractivity contribution in [1.29, 1.82) is 0 Å². The normalized spacial score (nSPS) is 18.7. The van der Waals surface area contributed by atoms with E-state index in [4.69, 9.17) is 0 Å². The first-order valence-corrected chi connectivity index (χ1v) is 8.30. The standard InChI is InChI=1S/C18H23FN4/c19-16-12-21-18(22-13-16)20-10-9-17-8-4-5-11-23(17)14-15-6-2-1-3-7-15/h1-3,6-7,12-13,17H,4-5,8-11,14H2,(H,20,21,22). The number of rotatable bonds is 6. The van der Waals surface area contributed by atoms with Gasteiger partial charge < -0.3 is 5.32 Å². The van der Waals surface area contributed by atoms with Crippen LogP contribution in [0.2, 0.25) is 0 Å². The lowest BCUT2D eigenvalue weighted by atomic mass is 9.98. The van der Waals surface area contributed by atoms with Crippen molar-refractivity contribution in [3.63, 3.8) is 0 Å². The number of nitrogens with one attached hydrogen (secondary N) is 1. The number of nitrogens with zero attached hydrogens (tertiary/aromatic N) is 3. The smallest absolute Gasteiger partial charge is 0.222 e. The molecule has 0 radical (unpaired) electrons. The minimum atomic E-state index is -0.406. The van der Waals surface area contributed by atoms with E-state index >= 15 is 0 Å². The molecule has 1 aromatic carbocycles. The average molecular weight is 314 g/mol. The van der Waals surface area contributed by atoms with Gasteiger partial charge in [0.05, 0.1) is 12.4 Å². The van der Waals surface area contributed by atoms with E-state index in [9.17, 15) is 4.39 Å². The molecular weight excluding hydrogens is 291 g/mol. The molecular formula is C18H23FN4. The summed E-state index contributed by atoms with van der Waals surface area (Å²) in [5, 5.41) is 3.19. The summed E-state index contributed by atoms with van der Waals surface area (Å²) in [6.07, 6.45) is 7.24. The molecule has 1 fully saturated rings. The van der Waals surface area contributed by atoms with E-state index in [1.807, 2.05) is 0 Å². The Bertz CT molecular complexity index is 588. The van der Waals surface area contributed by atoms with Gasteiger partial charge in [-0.15, -0.1) is 0 Å². The number of benzene rings is 1. The molecule has 23 heavy (non-hydrogen) atoms. The zero-order chi connectivity index (χ0) is 15.9. The number of hydrogen-bond acceptors (Lipinski definition) is 4. The molecule has 0 saturated carbocycles. The van der Waals surface area contributed by atoms with Crippen LogP contribution in [0, 0.1) is 5.82 Å². The zero-order valence-electron chi connectivity index (χ0n) is 13.3. The summed E-state index contributed by atoms with van der Waals surface area (Å²) in [6, 6.07) is 11.2. The van der Waals surface area contributed by atoms with Crippen LogP contribution in [-0.4, -0.2) is 34.0 Å². The number of aromatic nitrogens is 2. The van der Waals surface area contributed by atoms with Crippen molar-refractivity contribution in [3.05, 3.63) is 54.1 Å². The largest absolute Gasteiger partial charge is 0.354 e. The highest BCUT2D eigenvalue weighted by Gasteiger charge is 2.22. The van der Waals surface area contributed by atoms with E-state index < -0.39 is 5.82 Å². The van der Waals surface area contributed by atoms with Crippen LogP contribution in [0.4, 0.5) is 10.3 Å². The van der Waals surface area contributed by atoms with Gasteiger partial charge in [-0.1, -0.05) is 36.8 Å². The van der Waals surface area contributed by atoms with Crippen LogP contribution in [-0.2, 0) is 6.54 Å². The van der Waals surface area contributed by atoms with Gasteiger partial charge >= 0.3 is 0 Å². The number of halogens is 1. The number of likely N-dealkylation sites (tertiary alicyclic amines) is 1. The fourth-order valence-corrected chi connectivity index (χ4v) is 3.17. The van der Waals surface area contributed by atoms with Crippen molar-refractivity contribution in [3.8, 4) is 0 Å². The second-order valence-electron chi connectivity index (χ2n) is 6.05. The van der Waals surface area contributed by atoms with E-state index in [2.05, 4.69) is 50.5 Å². The molecule has 2 heterocycles. The Kier molecular flexibility index (Phi) is 5.53. The van der Waals surface area contributed by atoms with E-state index in [1.165, 1.54) is 37.2 Å². The Morgan fingerprint density at radius 1 is 1.13 bits per heavy atom. The third-order valence-electron chi connectivity index (χ3n) is 4.36. The van der Waals surface area contributed by atoms with Crippen LogP contribution >= 0.6 is 0 Å². The van der Waals surface area contributed by atoms with Gasteiger partial charge in [-0.2, -0.15) is 0 Å². The van der Waals surface area contributed by atoms with E-state index in [0.29, 0.717) is 12.0 Å². The fraction of sp³-hybridized carbons (Fsp3) is 0.444. The monoisotopic (exact) mass is 314 g/mol. The van der Waals surface area contributed by atoms with Crippen molar-refractivity contribution >= 4 is 5.95 Å². The first-order chi connectivity index (χ1) is 11.3. The van der Waals surface area contributed by atoms with Crippen molar-refractivity contribution < 1.29 is 4.39 Å². The van der Waals surface area contributed by atoms with E-state index in [-0.39, 0.29) is 0 Å². The molecule has 0 bridgehead atoms. The second-order valence-corrected chi connectivity index (χ2v) is 6.05. The molecule has 4 nitrogen and oxygen atoms in total. The molecule has 2 aromatic rings. The highest BCUT2D eigenvalue weighted by molar-refractivity contribution is 5.22. The molecule has 0 amide bonds. The summed E-state index contributed by atoms with van der Waals surface area (Å²) in [5.41, 5.74) is 1.37. The van der Waals surface area contributed by atoms with Gasteiger partial charge in [0.2, 0.25) is 5.95 Å². The molecule has 1 atom stereocenters. The Hall–Kier alpha value is -2.01. The van der Waals surface area contributed by atoms with E-state index in [1.54, 1.807) is 0 Å². The van der Waals surface area contributed by atoms with Crippen LogP contribution in [0.15, 0.2) is 42.7 Å². The molecule has 0 spiro atoms. The molecule has 5 heteroatoms. The molecule has 1 aromatic heterocycles. The van der Waals surface area contributed by atoms with Crippen molar-refractivity contribution in [2.75, 3.05) is 18.4 Å². The van der Waals surface area contributed by atoms with Crippen LogP contribution in [0.3, 0.4) is 0 Å². The Labute approximate surface area is 136 Å². The second kappa shape index (κ2) is 8.02. The number of piperidine rings is 1. The summed E-state index contributed by atoms with van der Waals surface area (Å²) in [6.45, 7) is 2.98. The Balaban J connectivity index is 1.51. The maximum absolute atomic E-state index is 12.8. The van der Waals surface area contributed by atoms with Gasteiger partial charge in [-0.05, 0) is 31.4 Å². The lowest BCUT2D eigenvalue weighted by Gasteiger charge is -2.36. The van der Waals surface area contributed by atoms with Crippen molar-refractivity contribution in [2.45, 2.75) is 38.3 Å². The molecule has 1 unspecified atom stereocenters. The van der Waals surface area contributed by atoms with Crippen molar-refractivity contribution in [1.82, 2.24) is 14.9 Å². The summed E-state index contributed by atoms with van der Waals surface area (Å²) in [5.74, 6) is 0.0914. The van der Waals surface area contributed by atoms with Crippen molar-refractivity contribution in [2.24, 2.45) is 0 Å². The van der Waals surface area contributed by atoms with Gasteiger partial charge in [0.25, 0.3) is 0 Å². The Morgan fingerprint density at radius 3 is 2.70 bits per heavy atom. The van der Waals surface area contributed by atoms with Crippen LogP contribution in [0.25, 0.3) is 0 Å². The first-order valence-electron chi connectivity index (χ1n) is 8.30. The third kappa shape index (κ3) is 4.73. The highest BCUT2D eigenvalue weighted by Crippen LogP contribution is 2.22. The summed E-state index contributed by atoms with van der Waals surface area (Å²) < 4.78 is 12.8. The molecule has 1 saturated heterocycles. The maximum Gasteiger partial charge on any atom is 0.222 e. The summed E-state index contributed by atoms with van der Waals surface area (Å²) >= 11 is 0. The van der Waals surface area contributed by atoms with Gasteiger partial charge in [0.15, 0.2) is 5.82 Å². The quantitative estimate of drug-likeness (QED) is 0.886. The topological polar surface area (TPSA) is 41.1 Å². The van der Waals surface area contributed by atoms with Crippen LogP contribution < -0.4 is 5.32 Å². The lowest BCUT2D eigenvalue weighted by molar-refractivity contribution is 0.135. The highest BCUT2D eigenvalue weighted by atomic mass is 19.1. The van der Waals surface area contributed by atoms with Gasteiger partial charge in [-0.3, -0.25) is 4.90 Å². The van der Waals surface area contributed by atoms with Gasteiger partial charge in [-0.25, -0.2) is 14.4 Å². The third-order valence-corrected chi connectivity index (χ3v) is 4.36. The maximum atomic E-state index is 12.8. The molecule has 3 rings (SSSR count). The molecule has 122 valence electrons. The molecule has 0 aliphatic carbocycles. The molecule has 1 N–H and O–H groups in total. The summed E-state index contributed by atoms with van der Waals surface area (Å²) in [7, 11) is 0. The van der Waals surface area contributed by atoms with Crippen LogP contribution in [0.1, 0.15) is 31.2 Å². The number of anilines is 1. The minimum absolute atomic E-state index is 0.406. The predicted octanol–water partition coefficient (Wildman–Crippen LogP) is 3.47. The Morgan fingerprint density at radius 2 is 1.91 bits per heavy atom. The zero-order valence-corrected chi connectivity index (χ0v) is 13.3. The van der Waals surface area contributed by atoms with Gasteiger partial charge in [0, 0.05) is 19.1 Å². The number of hydrogen-bond donors (Lipinski definition) is 1. The average Bonchev–Trinajstić information content (AvgIpc) is 2.59. The lowest BCUT2D eigenvalue weighted by Crippen LogP contribution is -2.40. The minimum Gasteiger partial charge on any atom is -0.354 e. The molecule has 1 aliphatic heterocycles. The summed E-state index contributed by atoms with van der Waals surface area (Å²) in [4.78, 5) is 10.4. The first kappa shape index (κ1) is 15.9. The predicted molar refractivity (Wildman–Crippen MR) is 89.6 cm³/mol. The van der Waals surface area contributed by atoms with Gasteiger partial charge in [0.1, 0.15) is 0 Å².